The molecular weight excluding hydrogens is 433 g/mol. The second-order valence-corrected chi connectivity index (χ2v) is 6.97. The van der Waals surface area contributed by atoms with Crippen LogP contribution in [0, 0.1) is 25.0 Å². The van der Waals surface area contributed by atoms with Gasteiger partial charge in [-0.1, -0.05) is 12.1 Å². The first kappa shape index (κ1) is 17.5. The largest absolute Gasteiger partial charge is 0.489 e. The maximum atomic E-state index is 11.3. The number of benzene rings is 2. The van der Waals surface area contributed by atoms with Crippen molar-refractivity contribution in [1.29, 1.82) is 5.26 Å². The molecule has 7 heteroatoms. The van der Waals surface area contributed by atoms with Crippen LogP contribution >= 0.6 is 22.6 Å². The van der Waals surface area contributed by atoms with E-state index in [-0.39, 0.29) is 11.8 Å². The van der Waals surface area contributed by atoms with Gasteiger partial charge in [0.15, 0.2) is 0 Å². The topological polar surface area (TPSA) is 79.4 Å². The lowest BCUT2D eigenvalue weighted by Crippen LogP contribution is -2.38. The van der Waals surface area contributed by atoms with E-state index in [1.807, 2.05) is 35.2 Å². The summed E-state index contributed by atoms with van der Waals surface area (Å²) in [7, 11) is 0. The zero-order chi connectivity index (χ0) is 17.8. The molecule has 0 aliphatic carbocycles. The van der Waals surface area contributed by atoms with Gasteiger partial charge in [-0.05, 0) is 46.9 Å². The molecule has 2 aromatic carbocycles. The molecule has 0 aromatic heterocycles. The van der Waals surface area contributed by atoms with Gasteiger partial charge >= 0.3 is 0 Å². The summed E-state index contributed by atoms with van der Waals surface area (Å²) in [5, 5.41) is 20.3. The van der Waals surface area contributed by atoms with Crippen LogP contribution in [0.25, 0.3) is 0 Å². The molecule has 0 bridgehead atoms. The van der Waals surface area contributed by atoms with E-state index in [9.17, 15) is 10.1 Å². The van der Waals surface area contributed by atoms with Crippen LogP contribution in [0.1, 0.15) is 18.4 Å². The summed E-state index contributed by atoms with van der Waals surface area (Å²) in [5.41, 5.74) is 0.847. The monoisotopic (exact) mass is 449 g/mol. The van der Waals surface area contributed by atoms with Crippen LogP contribution in [-0.4, -0.2) is 24.1 Å². The third kappa shape index (κ3) is 4.02. The van der Waals surface area contributed by atoms with Crippen molar-refractivity contribution >= 4 is 34.0 Å². The van der Waals surface area contributed by atoms with Crippen molar-refractivity contribution in [3.8, 4) is 11.8 Å². The van der Waals surface area contributed by atoms with E-state index in [1.165, 1.54) is 6.07 Å². The number of rotatable bonds is 4. The molecule has 0 spiro atoms. The van der Waals surface area contributed by atoms with Gasteiger partial charge in [0.25, 0.3) is 5.69 Å². The number of ether oxygens (including phenoxy) is 1. The molecule has 1 fully saturated rings. The van der Waals surface area contributed by atoms with Crippen LogP contribution in [-0.2, 0) is 0 Å². The standard InChI is InChI=1S/C18H16IN3O3/c19-15-3-1-2-4-18(15)25-14-7-9-21(10-8-14)16-6-5-13(12-20)11-17(16)22(23)24/h1-6,11,14H,7-10H2. The molecule has 1 heterocycles. The third-order valence-electron chi connectivity index (χ3n) is 4.21. The highest BCUT2D eigenvalue weighted by atomic mass is 127. The van der Waals surface area contributed by atoms with Gasteiger partial charge in [0.05, 0.1) is 20.1 Å². The van der Waals surface area contributed by atoms with Crippen molar-refractivity contribution in [2.45, 2.75) is 18.9 Å². The second-order valence-electron chi connectivity index (χ2n) is 5.81. The van der Waals surface area contributed by atoms with E-state index in [1.54, 1.807) is 12.1 Å². The molecule has 1 saturated heterocycles. The van der Waals surface area contributed by atoms with Crippen LogP contribution in [0.15, 0.2) is 42.5 Å². The van der Waals surface area contributed by atoms with E-state index in [4.69, 9.17) is 10.00 Å². The van der Waals surface area contributed by atoms with Gasteiger partial charge in [-0.2, -0.15) is 5.26 Å². The molecule has 25 heavy (non-hydrogen) atoms. The van der Waals surface area contributed by atoms with E-state index in [2.05, 4.69) is 22.6 Å². The van der Waals surface area contributed by atoms with Crippen LogP contribution in [0.5, 0.6) is 5.75 Å². The minimum Gasteiger partial charge on any atom is -0.489 e. The van der Waals surface area contributed by atoms with E-state index >= 15 is 0 Å². The van der Waals surface area contributed by atoms with E-state index in [0.717, 1.165) is 22.2 Å². The SMILES string of the molecule is N#Cc1ccc(N2CCC(Oc3ccccc3I)CC2)c([N+](=O)[O-])c1. The summed E-state index contributed by atoms with van der Waals surface area (Å²) in [6.45, 7) is 1.36. The first-order chi connectivity index (χ1) is 12.1. The molecule has 0 atom stereocenters. The number of nitro benzene ring substituents is 1. The average Bonchev–Trinajstić information content (AvgIpc) is 2.64. The first-order valence-corrected chi connectivity index (χ1v) is 9.01. The minimum absolute atomic E-state index is 0.0176. The Kier molecular flexibility index (Phi) is 5.38. The normalized spacial score (nSPS) is 14.8. The first-order valence-electron chi connectivity index (χ1n) is 7.93. The zero-order valence-corrected chi connectivity index (χ0v) is 15.5. The van der Waals surface area contributed by atoms with Crippen molar-refractivity contribution in [2.24, 2.45) is 0 Å². The highest BCUT2D eigenvalue weighted by Crippen LogP contribution is 2.32. The van der Waals surface area contributed by atoms with Crippen LogP contribution in [0.2, 0.25) is 0 Å². The number of piperidine rings is 1. The number of nitriles is 1. The quantitative estimate of drug-likeness (QED) is 0.399. The Morgan fingerprint density at radius 3 is 2.60 bits per heavy atom. The Balaban J connectivity index is 1.69. The molecule has 0 saturated carbocycles. The molecule has 0 radical (unpaired) electrons. The fourth-order valence-electron chi connectivity index (χ4n) is 2.94. The Morgan fingerprint density at radius 1 is 1.24 bits per heavy atom. The fraction of sp³-hybridized carbons (Fsp3) is 0.278. The summed E-state index contributed by atoms with van der Waals surface area (Å²) in [4.78, 5) is 12.9. The van der Waals surface area contributed by atoms with Crippen molar-refractivity contribution in [3.05, 3.63) is 61.7 Å². The molecule has 0 amide bonds. The highest BCUT2D eigenvalue weighted by Gasteiger charge is 2.26. The lowest BCUT2D eigenvalue weighted by atomic mass is 10.1. The van der Waals surface area contributed by atoms with Gasteiger partial charge in [-0.3, -0.25) is 10.1 Å². The molecule has 0 unspecified atom stereocenters. The lowest BCUT2D eigenvalue weighted by molar-refractivity contribution is -0.384. The Bertz CT molecular complexity index is 827. The number of nitrogens with zero attached hydrogens (tertiary/aromatic N) is 3. The summed E-state index contributed by atoms with van der Waals surface area (Å²) in [6, 6.07) is 14.5. The summed E-state index contributed by atoms with van der Waals surface area (Å²) >= 11 is 2.25. The lowest BCUT2D eigenvalue weighted by Gasteiger charge is -2.33. The number of para-hydroxylation sites is 1. The number of nitro groups is 1. The van der Waals surface area contributed by atoms with E-state index < -0.39 is 4.92 Å². The van der Waals surface area contributed by atoms with Crippen LogP contribution in [0.3, 0.4) is 0 Å². The summed E-state index contributed by atoms with van der Waals surface area (Å²) in [5.74, 6) is 0.880. The minimum atomic E-state index is -0.426. The van der Waals surface area contributed by atoms with Crippen molar-refractivity contribution in [1.82, 2.24) is 0 Å². The number of hydrogen-bond acceptors (Lipinski definition) is 5. The average molecular weight is 449 g/mol. The summed E-state index contributed by atoms with van der Waals surface area (Å²) < 4.78 is 7.15. The second kappa shape index (κ2) is 7.70. The van der Waals surface area contributed by atoms with Crippen LogP contribution in [0.4, 0.5) is 11.4 Å². The van der Waals surface area contributed by atoms with Gasteiger partial charge in [0.2, 0.25) is 0 Å². The number of anilines is 1. The molecule has 0 N–H and O–H groups in total. The molecule has 1 aliphatic rings. The fourth-order valence-corrected chi connectivity index (χ4v) is 3.46. The number of halogens is 1. The highest BCUT2D eigenvalue weighted by molar-refractivity contribution is 14.1. The van der Waals surface area contributed by atoms with Gasteiger partial charge in [0, 0.05) is 32.0 Å². The van der Waals surface area contributed by atoms with E-state index in [0.29, 0.717) is 24.3 Å². The van der Waals surface area contributed by atoms with Gasteiger partial charge in [-0.15, -0.1) is 0 Å². The maximum Gasteiger partial charge on any atom is 0.293 e. The molecule has 6 nitrogen and oxygen atoms in total. The summed E-state index contributed by atoms with van der Waals surface area (Å²) in [6.07, 6.45) is 1.69. The van der Waals surface area contributed by atoms with Crippen molar-refractivity contribution in [3.63, 3.8) is 0 Å². The Labute approximate surface area is 159 Å². The molecule has 1 aliphatic heterocycles. The molecule has 2 aromatic rings. The Hall–Kier alpha value is -2.34. The van der Waals surface area contributed by atoms with Crippen LogP contribution < -0.4 is 9.64 Å². The Morgan fingerprint density at radius 2 is 1.96 bits per heavy atom. The van der Waals surface area contributed by atoms with Gasteiger partial charge in [0.1, 0.15) is 17.5 Å². The van der Waals surface area contributed by atoms with Crippen molar-refractivity contribution in [2.75, 3.05) is 18.0 Å². The number of hydrogen-bond donors (Lipinski definition) is 0. The molecule has 3 rings (SSSR count). The molecular formula is C18H16IN3O3. The zero-order valence-electron chi connectivity index (χ0n) is 13.4. The molecule has 128 valence electrons. The predicted molar refractivity (Wildman–Crippen MR) is 103 cm³/mol. The smallest absolute Gasteiger partial charge is 0.293 e. The van der Waals surface area contributed by atoms with Crippen molar-refractivity contribution < 1.29 is 9.66 Å². The third-order valence-corrected chi connectivity index (χ3v) is 5.11. The van der Waals surface area contributed by atoms with Gasteiger partial charge in [-0.25, -0.2) is 0 Å². The van der Waals surface area contributed by atoms with Gasteiger partial charge < -0.3 is 9.64 Å². The predicted octanol–water partition coefficient (Wildman–Crippen LogP) is 4.12. The maximum absolute atomic E-state index is 11.3.